The van der Waals surface area contributed by atoms with Crippen molar-refractivity contribution in [1.82, 2.24) is 0 Å². The smallest absolute Gasteiger partial charge is 0.0361 e. The van der Waals surface area contributed by atoms with E-state index in [4.69, 9.17) is 0 Å². The van der Waals surface area contributed by atoms with Gasteiger partial charge in [-0.2, -0.15) is 6.42 Å². The molecule has 0 aromatic heterocycles. The Bertz CT molecular complexity index is 216. The molecule has 1 rings (SSSR count). The molecule has 0 aliphatic rings. The first-order valence-electron chi connectivity index (χ1n) is 3.79. The third-order valence-corrected chi connectivity index (χ3v) is 1.74. The molecule has 1 aromatic carbocycles. The van der Waals surface area contributed by atoms with Crippen LogP contribution in [0.25, 0.3) is 0 Å². The van der Waals surface area contributed by atoms with Crippen LogP contribution in [0, 0.1) is 6.92 Å². The molecule has 1 radical (unpaired) electrons. The zero-order chi connectivity index (χ0) is 8.27. The van der Waals surface area contributed by atoms with Crippen molar-refractivity contribution < 1.29 is 32.7 Å². The molecule has 0 aliphatic heterocycles. The molecule has 0 fully saturated rings. The van der Waals surface area contributed by atoms with Gasteiger partial charge < -0.3 is 11.8 Å². The van der Waals surface area contributed by atoms with E-state index in [0.29, 0.717) is 0 Å². The molecule has 12 heavy (non-hydrogen) atoms. The molecule has 0 amide bonds. The summed E-state index contributed by atoms with van der Waals surface area (Å²) < 4.78 is 0. The summed E-state index contributed by atoms with van der Waals surface area (Å²) >= 11 is 0. The molecule has 0 atom stereocenters. The Morgan fingerprint density at radius 1 is 1.17 bits per heavy atom. The van der Waals surface area contributed by atoms with E-state index in [0.717, 1.165) is 6.42 Å². The van der Waals surface area contributed by atoms with Gasteiger partial charge >= 0.3 is 0 Å². The first-order valence-corrected chi connectivity index (χ1v) is 3.79. The second-order valence-corrected chi connectivity index (χ2v) is 2.81. The summed E-state index contributed by atoms with van der Waals surface area (Å²) in [6.45, 7) is 3.82. The molecule has 2 heteroatoms. The number of hydrogen-bond acceptors (Lipinski definition) is 1. The van der Waals surface area contributed by atoms with Gasteiger partial charge in [0.05, 0.1) is 0 Å². The van der Waals surface area contributed by atoms with Gasteiger partial charge in [-0.15, -0.1) is 0 Å². The van der Waals surface area contributed by atoms with Crippen LogP contribution in [0.1, 0.15) is 5.56 Å². The Hall–Kier alpha value is 0.124. The van der Waals surface area contributed by atoms with E-state index in [1.807, 2.05) is 14.1 Å². The number of nitrogens with zero attached hydrogens (tertiary/aromatic N) is 1. The molecule has 0 aliphatic carbocycles. The van der Waals surface area contributed by atoms with E-state index in [1.54, 1.807) is 0 Å². The van der Waals surface area contributed by atoms with E-state index in [1.165, 1.54) is 11.3 Å². The van der Waals surface area contributed by atoms with Crippen molar-refractivity contribution >= 4 is 5.69 Å². The summed E-state index contributed by atoms with van der Waals surface area (Å²) in [5.74, 6) is 0. The molecule has 0 spiro atoms. The van der Waals surface area contributed by atoms with Crippen LogP contribution >= 0.6 is 0 Å². The van der Waals surface area contributed by atoms with Crippen LogP contribution in [0.2, 0.25) is 0 Å². The third-order valence-electron chi connectivity index (χ3n) is 1.74. The van der Waals surface area contributed by atoms with E-state index in [9.17, 15) is 0 Å². The van der Waals surface area contributed by atoms with Gasteiger partial charge in [-0.25, -0.2) is 0 Å². The monoisotopic (exact) mass is 237 g/mol. The maximum Gasteiger partial charge on any atom is 0.0361 e. The van der Waals surface area contributed by atoms with Crippen LogP contribution < -0.4 is 4.90 Å². The molecule has 1 aromatic rings. The van der Waals surface area contributed by atoms with Crippen LogP contribution in [-0.4, -0.2) is 14.1 Å². The van der Waals surface area contributed by atoms with Gasteiger partial charge in [0.25, 0.3) is 0 Å². The van der Waals surface area contributed by atoms with Gasteiger partial charge in [-0.1, -0.05) is 17.7 Å². The van der Waals surface area contributed by atoms with Crippen molar-refractivity contribution in [3.05, 3.63) is 36.8 Å². The van der Waals surface area contributed by atoms with Crippen molar-refractivity contribution in [3.8, 4) is 0 Å². The fraction of sp³-hybridized carbons (Fsp3) is 0.300. The summed E-state index contributed by atoms with van der Waals surface area (Å²) in [7, 11) is 4.08. The van der Waals surface area contributed by atoms with Gasteiger partial charge in [0.15, 0.2) is 0 Å². The quantitative estimate of drug-likeness (QED) is 0.712. The summed E-state index contributed by atoms with van der Waals surface area (Å²) in [5.41, 5.74) is 2.53. The molecule has 0 heterocycles. The maximum absolute atomic E-state index is 3.82. The Labute approximate surface area is 100 Å². The standard InChI is InChI=1S/C10H14N.Y/c1-4-9-5-7-10(8-6-9)11(2)3;/h5-8H,1,4H2,2-3H3;/q-1;. The topological polar surface area (TPSA) is 3.24 Å². The largest absolute Gasteiger partial charge is 0.378 e. The second-order valence-electron chi connectivity index (χ2n) is 2.81. The second kappa shape index (κ2) is 5.72. The molecular weight excluding hydrogens is 223 g/mol. The summed E-state index contributed by atoms with van der Waals surface area (Å²) in [6.07, 6.45) is 0.869. The zero-order valence-corrected chi connectivity index (χ0v) is 10.6. The fourth-order valence-electron chi connectivity index (χ4n) is 0.961. The first-order chi connectivity index (χ1) is 5.24. The average Bonchev–Trinajstić information content (AvgIpc) is 2.05. The van der Waals surface area contributed by atoms with Gasteiger partial charge in [-0.3, -0.25) is 0 Å². The Morgan fingerprint density at radius 3 is 2.00 bits per heavy atom. The molecular formula is C10H14NY-. The molecule has 0 unspecified atom stereocenters. The molecule has 63 valence electrons. The fourth-order valence-corrected chi connectivity index (χ4v) is 0.961. The minimum atomic E-state index is 0. The maximum atomic E-state index is 3.82. The average molecular weight is 237 g/mol. The van der Waals surface area contributed by atoms with Crippen molar-refractivity contribution in [1.29, 1.82) is 0 Å². The SMILES string of the molecule is [CH2-]Cc1ccc(N(C)C)cc1.[Y]. The van der Waals surface area contributed by atoms with Crippen LogP contribution in [0.4, 0.5) is 5.69 Å². The summed E-state index contributed by atoms with van der Waals surface area (Å²) in [6, 6.07) is 8.45. The molecule has 0 bridgehead atoms. The number of hydrogen-bond donors (Lipinski definition) is 0. The normalized spacial score (nSPS) is 8.92. The first kappa shape index (κ1) is 12.1. The predicted octanol–water partition coefficient (Wildman–Crippen LogP) is 2.13. The van der Waals surface area contributed by atoms with Gasteiger partial charge in [-0.05, 0) is 12.1 Å². The summed E-state index contributed by atoms with van der Waals surface area (Å²) in [4.78, 5) is 2.09. The minimum absolute atomic E-state index is 0. The van der Waals surface area contributed by atoms with E-state index >= 15 is 0 Å². The minimum Gasteiger partial charge on any atom is -0.378 e. The van der Waals surface area contributed by atoms with Crippen LogP contribution in [0.5, 0.6) is 0 Å². The van der Waals surface area contributed by atoms with Gasteiger partial charge in [0.2, 0.25) is 0 Å². The number of anilines is 1. The van der Waals surface area contributed by atoms with E-state index in [2.05, 4.69) is 36.1 Å². The van der Waals surface area contributed by atoms with Crippen molar-refractivity contribution in [2.24, 2.45) is 0 Å². The zero-order valence-electron chi connectivity index (χ0n) is 7.75. The predicted molar refractivity (Wildman–Crippen MR) is 49.8 cm³/mol. The van der Waals surface area contributed by atoms with Crippen LogP contribution in [-0.2, 0) is 39.1 Å². The molecule has 1 nitrogen and oxygen atoms in total. The summed E-state index contributed by atoms with van der Waals surface area (Å²) in [5, 5.41) is 0. The van der Waals surface area contributed by atoms with E-state index in [-0.39, 0.29) is 32.7 Å². The molecule has 0 saturated carbocycles. The molecule has 0 N–H and O–H groups in total. The third kappa shape index (κ3) is 3.24. The Balaban J connectivity index is 0.00000121. The Morgan fingerprint density at radius 2 is 1.67 bits per heavy atom. The Kier molecular flexibility index (Phi) is 5.77. The van der Waals surface area contributed by atoms with Crippen molar-refractivity contribution in [2.45, 2.75) is 6.42 Å². The number of rotatable bonds is 2. The van der Waals surface area contributed by atoms with Gasteiger partial charge in [0.1, 0.15) is 0 Å². The van der Waals surface area contributed by atoms with Crippen LogP contribution in [0.3, 0.4) is 0 Å². The van der Waals surface area contributed by atoms with Crippen molar-refractivity contribution in [3.63, 3.8) is 0 Å². The van der Waals surface area contributed by atoms with Gasteiger partial charge in [0, 0.05) is 52.5 Å². The molecule has 0 saturated heterocycles. The van der Waals surface area contributed by atoms with Crippen LogP contribution in [0.15, 0.2) is 24.3 Å². The van der Waals surface area contributed by atoms with E-state index < -0.39 is 0 Å². The van der Waals surface area contributed by atoms with Crippen molar-refractivity contribution in [2.75, 3.05) is 19.0 Å². The number of benzene rings is 1.